The second kappa shape index (κ2) is 17.9. The molecule has 0 bridgehead atoms. The number of rotatable bonds is 15. The monoisotopic (exact) mass is 779 g/mol. The van der Waals surface area contributed by atoms with E-state index in [1.54, 1.807) is 19.4 Å². The molecule has 0 radical (unpaired) electrons. The molecule has 1 aliphatic rings. The Balaban J connectivity index is 0.000000511. The lowest BCUT2D eigenvalue weighted by molar-refractivity contribution is -0.165. The number of anilines is 2. The van der Waals surface area contributed by atoms with Gasteiger partial charge in [-0.05, 0) is 66.9 Å². The van der Waals surface area contributed by atoms with Gasteiger partial charge in [-0.2, -0.15) is 0 Å². The molecule has 18 heteroatoms. The predicted octanol–water partition coefficient (Wildman–Crippen LogP) is 4.40. The maximum absolute atomic E-state index is 15.2. The number of nitrogens with zero attached hydrogens (tertiary/aromatic N) is 2. The molecule has 0 aliphatic heterocycles. The van der Waals surface area contributed by atoms with Gasteiger partial charge in [0.15, 0.2) is 23.8 Å². The summed E-state index contributed by atoms with van der Waals surface area (Å²) in [5, 5.41) is 41.1. The average Bonchev–Trinajstić information content (AvgIpc) is 3.88. The number of amides is 2. The van der Waals surface area contributed by atoms with Gasteiger partial charge in [0.2, 0.25) is 11.8 Å². The quantitative estimate of drug-likeness (QED) is 0.0578. The summed E-state index contributed by atoms with van der Waals surface area (Å²) in [5.74, 6) is -5.30. The van der Waals surface area contributed by atoms with Gasteiger partial charge in [-0.3, -0.25) is 19.6 Å². The minimum Gasteiger partial charge on any atom is -0.479 e. The molecule has 55 heavy (non-hydrogen) atoms. The highest BCUT2D eigenvalue weighted by atomic mass is 32.1. The fourth-order valence-electron chi connectivity index (χ4n) is 4.97. The number of thiophene rings is 1. The molecule has 1 aliphatic carbocycles. The standard InChI is InChI=1S/C33H29F2N5O4S.C4H6O6/c1-43-15-14-36-18-20-2-8-25(38-19-20)29-17-26-30(45-29)28(10-13-37-26)44-27-9-7-23(16-24(27)35)40-32(42)33(11-12-33)31(41)39-22-5-3-21(34)4-6-22;5-1(3(7)8)2(6)4(9)10/h2-10,13,16-17,19,36H,11-12,14-15,18H2,1H3,(H,39,41)(H,40,42);1-2,5-6H,(H,7,8)(H,9,10)/t;1-,2-/m.1/s1. The van der Waals surface area contributed by atoms with Crippen LogP contribution in [0.4, 0.5) is 20.2 Å². The third-order valence-corrected chi connectivity index (χ3v) is 9.36. The third kappa shape index (κ3) is 10.2. The van der Waals surface area contributed by atoms with Gasteiger partial charge in [0.25, 0.3) is 0 Å². The van der Waals surface area contributed by atoms with Crippen molar-refractivity contribution in [2.24, 2.45) is 5.41 Å². The molecule has 2 atom stereocenters. The third-order valence-electron chi connectivity index (χ3n) is 8.20. The number of methoxy groups -OCH3 is 1. The number of pyridine rings is 2. The maximum atomic E-state index is 15.2. The Kier molecular flexibility index (Phi) is 13.1. The Morgan fingerprint density at radius 3 is 2.09 bits per heavy atom. The number of carboxylic acids is 2. The van der Waals surface area contributed by atoms with Crippen LogP contribution in [0.1, 0.15) is 18.4 Å². The van der Waals surface area contributed by atoms with Crippen LogP contribution in [-0.2, 0) is 30.5 Å². The van der Waals surface area contributed by atoms with Crippen molar-refractivity contribution in [3.63, 3.8) is 0 Å². The second-order valence-electron chi connectivity index (χ2n) is 12.2. The van der Waals surface area contributed by atoms with Gasteiger partial charge in [-0.15, -0.1) is 11.3 Å². The van der Waals surface area contributed by atoms with Crippen molar-refractivity contribution in [2.45, 2.75) is 31.6 Å². The smallest absolute Gasteiger partial charge is 0.335 e. The van der Waals surface area contributed by atoms with E-state index in [4.69, 9.17) is 29.9 Å². The van der Waals surface area contributed by atoms with E-state index in [0.29, 0.717) is 42.9 Å². The summed E-state index contributed by atoms with van der Waals surface area (Å²) >= 11 is 1.44. The molecule has 2 aromatic carbocycles. The molecule has 3 aromatic heterocycles. The zero-order chi connectivity index (χ0) is 39.7. The number of aliphatic hydroxyl groups excluding tert-OH is 2. The molecular formula is C37H35F2N5O10S. The zero-order valence-electron chi connectivity index (χ0n) is 29.0. The molecule has 3 heterocycles. The predicted molar refractivity (Wildman–Crippen MR) is 196 cm³/mol. The first kappa shape index (κ1) is 40.3. The van der Waals surface area contributed by atoms with Crippen molar-refractivity contribution in [3.8, 4) is 22.1 Å². The lowest BCUT2D eigenvalue weighted by atomic mass is 10.0. The number of carbonyl (C=O) groups is 4. The van der Waals surface area contributed by atoms with Crippen LogP contribution >= 0.6 is 11.3 Å². The fourth-order valence-corrected chi connectivity index (χ4v) is 6.01. The Bertz CT molecular complexity index is 2150. The zero-order valence-corrected chi connectivity index (χ0v) is 29.8. The summed E-state index contributed by atoms with van der Waals surface area (Å²) in [5.41, 5.74) is 1.83. The number of benzene rings is 2. The number of hydrogen-bond donors (Lipinski definition) is 7. The average molecular weight is 780 g/mol. The highest BCUT2D eigenvalue weighted by Gasteiger charge is 2.56. The van der Waals surface area contributed by atoms with Crippen LogP contribution in [0.15, 0.2) is 79.1 Å². The van der Waals surface area contributed by atoms with Crippen molar-refractivity contribution in [1.82, 2.24) is 15.3 Å². The number of ether oxygens (including phenoxy) is 2. The minimum atomic E-state index is -2.27. The molecule has 288 valence electrons. The Labute approximate surface area is 315 Å². The lowest BCUT2D eigenvalue weighted by Crippen LogP contribution is -2.39. The van der Waals surface area contributed by atoms with Gasteiger partial charge in [0.1, 0.15) is 17.0 Å². The van der Waals surface area contributed by atoms with Crippen LogP contribution in [0.5, 0.6) is 11.5 Å². The molecule has 5 aromatic rings. The largest absolute Gasteiger partial charge is 0.479 e. The first-order valence-electron chi connectivity index (χ1n) is 16.5. The summed E-state index contributed by atoms with van der Waals surface area (Å²) < 4.78 is 40.1. The van der Waals surface area contributed by atoms with Crippen LogP contribution < -0.4 is 20.7 Å². The highest BCUT2D eigenvalue weighted by molar-refractivity contribution is 7.22. The summed E-state index contributed by atoms with van der Waals surface area (Å²) in [6, 6.07) is 16.9. The van der Waals surface area contributed by atoms with E-state index in [0.717, 1.165) is 33.4 Å². The number of aliphatic carboxylic acids is 2. The van der Waals surface area contributed by atoms with Crippen LogP contribution in [0.2, 0.25) is 0 Å². The number of fused-ring (bicyclic) bond motifs is 1. The van der Waals surface area contributed by atoms with Gasteiger partial charge in [0.05, 0.1) is 27.4 Å². The van der Waals surface area contributed by atoms with E-state index in [-0.39, 0.29) is 11.4 Å². The van der Waals surface area contributed by atoms with Crippen molar-refractivity contribution >= 4 is 56.7 Å². The first-order chi connectivity index (χ1) is 26.3. The summed E-state index contributed by atoms with van der Waals surface area (Å²) in [4.78, 5) is 55.3. The normalized spacial score (nSPS) is 13.8. The van der Waals surface area contributed by atoms with E-state index < -0.39 is 53.0 Å². The molecule has 0 spiro atoms. The van der Waals surface area contributed by atoms with Gasteiger partial charge in [-0.1, -0.05) is 6.07 Å². The van der Waals surface area contributed by atoms with Crippen LogP contribution in [0.25, 0.3) is 20.8 Å². The number of carboxylic acid groups (broad SMARTS) is 2. The van der Waals surface area contributed by atoms with Crippen molar-refractivity contribution < 1.29 is 57.9 Å². The summed E-state index contributed by atoms with van der Waals surface area (Å²) in [6.45, 7) is 2.07. The van der Waals surface area contributed by atoms with Gasteiger partial charge < -0.3 is 45.9 Å². The van der Waals surface area contributed by atoms with Gasteiger partial charge in [-0.25, -0.2) is 18.4 Å². The Morgan fingerprint density at radius 2 is 1.51 bits per heavy atom. The van der Waals surface area contributed by atoms with E-state index >= 15 is 4.39 Å². The van der Waals surface area contributed by atoms with Crippen LogP contribution in [0.3, 0.4) is 0 Å². The molecule has 0 saturated heterocycles. The number of hydrogen-bond acceptors (Lipinski definition) is 12. The molecule has 15 nitrogen and oxygen atoms in total. The molecule has 2 amide bonds. The highest BCUT2D eigenvalue weighted by Crippen LogP contribution is 2.48. The SMILES string of the molecule is COCCNCc1ccc(-c2cc3nccc(Oc4ccc(NC(=O)C5(C(=O)Nc6ccc(F)cc6)CC5)cc4F)c3s2)nc1.O=C(O)[C@H](O)[C@@H](O)C(=O)O. The molecule has 1 saturated carbocycles. The molecular weight excluding hydrogens is 744 g/mol. The fraction of sp³-hybridized carbons (Fsp3) is 0.243. The summed E-state index contributed by atoms with van der Waals surface area (Å²) in [7, 11) is 1.66. The maximum Gasteiger partial charge on any atom is 0.335 e. The van der Waals surface area contributed by atoms with Crippen molar-refractivity contribution in [3.05, 3.63) is 96.3 Å². The van der Waals surface area contributed by atoms with Gasteiger partial charge in [0, 0.05) is 56.1 Å². The van der Waals surface area contributed by atoms with Gasteiger partial charge >= 0.3 is 11.9 Å². The number of carbonyl (C=O) groups excluding carboxylic acids is 2. The molecule has 0 unspecified atom stereocenters. The van der Waals surface area contributed by atoms with Crippen molar-refractivity contribution in [2.75, 3.05) is 30.9 Å². The Hall–Kier alpha value is -5.92. The first-order valence-corrected chi connectivity index (χ1v) is 17.3. The number of aromatic nitrogens is 2. The van der Waals surface area contributed by atoms with E-state index in [2.05, 4.69) is 25.9 Å². The van der Waals surface area contributed by atoms with Crippen LogP contribution in [0, 0.1) is 17.0 Å². The number of nitrogens with one attached hydrogen (secondary N) is 3. The minimum absolute atomic E-state index is 0.0333. The van der Waals surface area contributed by atoms with E-state index in [9.17, 15) is 23.6 Å². The number of aliphatic hydroxyl groups is 2. The number of halogens is 2. The van der Waals surface area contributed by atoms with E-state index in [1.165, 1.54) is 47.7 Å². The van der Waals surface area contributed by atoms with Crippen LogP contribution in [-0.4, -0.2) is 86.6 Å². The molecule has 6 rings (SSSR count). The Morgan fingerprint density at radius 1 is 0.855 bits per heavy atom. The second-order valence-corrected chi connectivity index (χ2v) is 13.2. The molecule has 7 N–H and O–H groups in total. The van der Waals surface area contributed by atoms with Crippen molar-refractivity contribution in [1.29, 1.82) is 0 Å². The van der Waals surface area contributed by atoms with E-state index in [1.807, 2.05) is 24.4 Å². The summed E-state index contributed by atoms with van der Waals surface area (Å²) in [6.07, 6.45) is -0.419. The molecule has 1 fully saturated rings. The topological polar surface area (TPSA) is 230 Å². The lowest BCUT2D eigenvalue weighted by Gasteiger charge is -2.16.